The first kappa shape index (κ1) is 18.4. The number of nitrogens with zero attached hydrogens (tertiary/aromatic N) is 6. The highest BCUT2D eigenvalue weighted by atomic mass is 19.1. The van der Waals surface area contributed by atoms with Gasteiger partial charge in [-0.15, -0.1) is 10.2 Å². The first-order chi connectivity index (χ1) is 14.0. The summed E-state index contributed by atoms with van der Waals surface area (Å²) in [6, 6.07) is 9.80. The minimum Gasteiger partial charge on any atom is -0.492 e. The highest BCUT2D eigenvalue weighted by Crippen LogP contribution is 2.28. The van der Waals surface area contributed by atoms with Crippen LogP contribution in [-0.4, -0.2) is 46.1 Å². The molecule has 0 saturated carbocycles. The van der Waals surface area contributed by atoms with Crippen molar-refractivity contribution >= 4 is 17.0 Å². The van der Waals surface area contributed by atoms with E-state index in [2.05, 4.69) is 25.3 Å². The van der Waals surface area contributed by atoms with Gasteiger partial charge in [0.25, 0.3) is 0 Å². The average molecular weight is 394 g/mol. The molecule has 2 N–H and O–H groups in total. The van der Waals surface area contributed by atoms with Crippen molar-refractivity contribution in [3.05, 3.63) is 59.7 Å². The van der Waals surface area contributed by atoms with E-state index in [1.165, 1.54) is 17.7 Å². The summed E-state index contributed by atoms with van der Waals surface area (Å²) < 4.78 is 15.6. The van der Waals surface area contributed by atoms with Crippen molar-refractivity contribution in [1.82, 2.24) is 29.9 Å². The van der Waals surface area contributed by atoms with E-state index in [4.69, 9.17) is 5.11 Å². The Balaban J connectivity index is 1.80. The molecule has 1 unspecified atom stereocenters. The van der Waals surface area contributed by atoms with Gasteiger partial charge in [-0.2, -0.15) is 10.1 Å². The maximum atomic E-state index is 14.1. The fraction of sp³-hybridized carbons (Fsp3) is 0.158. The predicted octanol–water partition coefficient (Wildman–Crippen LogP) is 2.36. The molecule has 4 aromatic rings. The number of carboxylic acids is 1. The fourth-order valence-corrected chi connectivity index (χ4v) is 2.90. The van der Waals surface area contributed by atoms with Gasteiger partial charge in [0.15, 0.2) is 5.65 Å². The number of hydrogen-bond donors (Lipinski definition) is 2. The number of aromatic hydroxyl groups is 1. The normalized spacial score (nSPS) is 12.2. The molecule has 1 atom stereocenters. The molecular formula is C19H15FN6O3. The molecule has 0 aliphatic rings. The van der Waals surface area contributed by atoms with Gasteiger partial charge in [-0.05, 0) is 25.1 Å². The van der Waals surface area contributed by atoms with Crippen molar-refractivity contribution in [1.29, 1.82) is 0 Å². The Morgan fingerprint density at radius 3 is 2.72 bits per heavy atom. The summed E-state index contributed by atoms with van der Waals surface area (Å²) >= 11 is 0. The molecule has 0 saturated heterocycles. The van der Waals surface area contributed by atoms with Crippen LogP contribution < -0.4 is 0 Å². The Labute approximate surface area is 163 Å². The summed E-state index contributed by atoms with van der Waals surface area (Å²) in [6.45, 7) is 1.50. The Morgan fingerprint density at radius 1 is 1.21 bits per heavy atom. The van der Waals surface area contributed by atoms with Crippen molar-refractivity contribution in [2.75, 3.05) is 0 Å². The van der Waals surface area contributed by atoms with Crippen LogP contribution in [-0.2, 0) is 11.3 Å². The summed E-state index contributed by atoms with van der Waals surface area (Å²) in [5.41, 5.74) is 1.06. The molecule has 1 aromatic carbocycles. The van der Waals surface area contributed by atoms with Crippen molar-refractivity contribution in [3.63, 3.8) is 0 Å². The van der Waals surface area contributed by atoms with E-state index in [0.29, 0.717) is 22.3 Å². The molecular weight excluding hydrogens is 379 g/mol. The van der Waals surface area contributed by atoms with Crippen molar-refractivity contribution < 1.29 is 19.4 Å². The SMILES string of the molecule is CC(C(=O)O)c1nnc(-c2nn(Cc3ccccc3F)c3ncccc23)nc1O. The smallest absolute Gasteiger partial charge is 0.312 e. The molecule has 146 valence electrons. The molecule has 0 aliphatic carbocycles. The van der Waals surface area contributed by atoms with Crippen LogP contribution in [0.25, 0.3) is 22.6 Å². The lowest BCUT2D eigenvalue weighted by molar-refractivity contribution is -0.138. The maximum absolute atomic E-state index is 14.1. The molecule has 0 aliphatic heterocycles. The van der Waals surface area contributed by atoms with Gasteiger partial charge in [0.05, 0.1) is 11.9 Å². The quantitative estimate of drug-likeness (QED) is 0.528. The molecule has 9 nitrogen and oxygen atoms in total. The second-order valence-corrected chi connectivity index (χ2v) is 6.38. The van der Waals surface area contributed by atoms with E-state index >= 15 is 0 Å². The minimum absolute atomic E-state index is 0.00845. The van der Waals surface area contributed by atoms with Crippen LogP contribution in [0.15, 0.2) is 42.6 Å². The second-order valence-electron chi connectivity index (χ2n) is 6.38. The number of rotatable bonds is 5. The van der Waals surface area contributed by atoms with Gasteiger partial charge in [0, 0.05) is 11.8 Å². The standard InChI is InChI=1S/C19H15FN6O3/c1-10(19(28)29)14-18(27)22-16(24-23-14)15-12-6-4-8-21-17(12)26(25-15)9-11-5-2-3-7-13(11)20/h2-8,10H,9H2,1H3,(H,28,29)(H,22,24,27). The van der Waals surface area contributed by atoms with Gasteiger partial charge in [-0.25, -0.2) is 14.1 Å². The molecule has 4 rings (SSSR count). The zero-order valence-electron chi connectivity index (χ0n) is 15.2. The third kappa shape index (κ3) is 3.35. The summed E-state index contributed by atoms with van der Waals surface area (Å²) in [4.78, 5) is 19.4. The molecule has 0 bridgehead atoms. The zero-order chi connectivity index (χ0) is 20.5. The summed E-state index contributed by atoms with van der Waals surface area (Å²) in [7, 11) is 0. The summed E-state index contributed by atoms with van der Waals surface area (Å²) in [6.07, 6.45) is 1.58. The van der Waals surface area contributed by atoms with E-state index < -0.39 is 17.8 Å². The molecule has 0 radical (unpaired) electrons. The highest BCUT2D eigenvalue weighted by molar-refractivity contribution is 5.89. The van der Waals surface area contributed by atoms with Gasteiger partial charge in [-0.3, -0.25) is 4.79 Å². The molecule has 0 spiro atoms. The van der Waals surface area contributed by atoms with E-state index in [1.54, 1.807) is 36.5 Å². The Bertz CT molecular complexity index is 1230. The van der Waals surface area contributed by atoms with E-state index in [-0.39, 0.29) is 23.9 Å². The number of halogens is 1. The Hall–Kier alpha value is -3.95. The third-order valence-corrected chi connectivity index (χ3v) is 4.47. The van der Waals surface area contributed by atoms with Gasteiger partial charge < -0.3 is 10.2 Å². The first-order valence-corrected chi connectivity index (χ1v) is 8.67. The average Bonchev–Trinajstić information content (AvgIpc) is 3.08. The second kappa shape index (κ2) is 7.23. The molecule has 0 fully saturated rings. The Kier molecular flexibility index (Phi) is 4.59. The highest BCUT2D eigenvalue weighted by Gasteiger charge is 2.24. The van der Waals surface area contributed by atoms with Crippen LogP contribution >= 0.6 is 0 Å². The lowest BCUT2D eigenvalue weighted by Crippen LogP contribution is -2.11. The minimum atomic E-state index is -1.16. The number of aliphatic carboxylic acids is 1. The van der Waals surface area contributed by atoms with Gasteiger partial charge in [0.1, 0.15) is 23.1 Å². The zero-order valence-corrected chi connectivity index (χ0v) is 15.2. The van der Waals surface area contributed by atoms with Crippen molar-refractivity contribution in [2.24, 2.45) is 0 Å². The number of benzene rings is 1. The number of hydrogen-bond acceptors (Lipinski definition) is 7. The van der Waals surface area contributed by atoms with Crippen LogP contribution in [0, 0.1) is 5.82 Å². The van der Waals surface area contributed by atoms with Crippen LogP contribution in [0.3, 0.4) is 0 Å². The van der Waals surface area contributed by atoms with Crippen LogP contribution in [0.4, 0.5) is 4.39 Å². The third-order valence-electron chi connectivity index (χ3n) is 4.47. The van der Waals surface area contributed by atoms with E-state index in [1.807, 2.05) is 0 Å². The number of carboxylic acid groups (broad SMARTS) is 1. The predicted molar refractivity (Wildman–Crippen MR) is 99.6 cm³/mol. The molecule has 0 amide bonds. The molecule has 3 heterocycles. The molecule has 29 heavy (non-hydrogen) atoms. The summed E-state index contributed by atoms with van der Waals surface area (Å²) in [5, 5.41) is 32.0. The lowest BCUT2D eigenvalue weighted by Gasteiger charge is -2.06. The van der Waals surface area contributed by atoms with Crippen LogP contribution in [0.5, 0.6) is 5.88 Å². The maximum Gasteiger partial charge on any atom is 0.312 e. The van der Waals surface area contributed by atoms with Gasteiger partial charge >= 0.3 is 5.97 Å². The number of pyridine rings is 1. The van der Waals surface area contributed by atoms with Crippen LogP contribution in [0.2, 0.25) is 0 Å². The number of aromatic nitrogens is 6. The topological polar surface area (TPSA) is 127 Å². The Morgan fingerprint density at radius 2 is 2.00 bits per heavy atom. The van der Waals surface area contributed by atoms with Crippen molar-refractivity contribution in [3.8, 4) is 17.4 Å². The van der Waals surface area contributed by atoms with Gasteiger partial charge in [-0.1, -0.05) is 18.2 Å². The van der Waals surface area contributed by atoms with Crippen molar-refractivity contribution in [2.45, 2.75) is 19.4 Å². The fourth-order valence-electron chi connectivity index (χ4n) is 2.90. The molecule has 10 heteroatoms. The lowest BCUT2D eigenvalue weighted by atomic mass is 10.1. The van der Waals surface area contributed by atoms with Gasteiger partial charge in [0.2, 0.25) is 11.7 Å². The van der Waals surface area contributed by atoms with E-state index in [9.17, 15) is 14.3 Å². The largest absolute Gasteiger partial charge is 0.492 e. The summed E-state index contributed by atoms with van der Waals surface area (Å²) in [5.74, 6) is -3.12. The van der Waals surface area contributed by atoms with E-state index in [0.717, 1.165) is 0 Å². The number of carbonyl (C=O) groups is 1. The number of fused-ring (bicyclic) bond motifs is 1. The first-order valence-electron chi connectivity index (χ1n) is 8.67. The monoisotopic (exact) mass is 394 g/mol. The molecule has 3 aromatic heterocycles. The van der Waals surface area contributed by atoms with Crippen LogP contribution in [0.1, 0.15) is 24.1 Å².